The summed E-state index contributed by atoms with van der Waals surface area (Å²) in [5.41, 5.74) is 4.00. The molecule has 2 heterocycles. The summed E-state index contributed by atoms with van der Waals surface area (Å²) in [5.74, 6) is 0.352. The van der Waals surface area contributed by atoms with E-state index in [2.05, 4.69) is 10.5 Å². The van der Waals surface area contributed by atoms with Gasteiger partial charge in [-0.3, -0.25) is 19.8 Å². The third-order valence-corrected chi connectivity index (χ3v) is 8.08. The molecule has 1 aliphatic rings. The minimum Gasteiger partial charge on any atom is -0.504 e. The highest BCUT2D eigenvalue weighted by Gasteiger charge is 2.40. The molecule has 1 aliphatic heterocycles. The van der Waals surface area contributed by atoms with Gasteiger partial charge in [0.05, 0.1) is 32.3 Å². The zero-order valence-corrected chi connectivity index (χ0v) is 24.0. The second kappa shape index (κ2) is 11.9. The number of nitrogens with zero attached hydrogens (tertiary/aromatic N) is 3. The standard InChI is InChI=1S/C30H28N4O7S/c1-17-29(38)34(30(42-17)19-7-14-25(41-4)24(35)15-19)32-28(37)27-23(18-5-10-21(39-2)11-6-18)16-26(36)33(31-27)20-8-12-22(40-3)13-9-20/h5-17,30,35H,1-4H3,(H,32,37). The zero-order valence-electron chi connectivity index (χ0n) is 23.2. The molecule has 12 heteroatoms. The number of hydrazine groups is 1. The fourth-order valence-corrected chi connectivity index (χ4v) is 5.71. The number of hydrogen-bond acceptors (Lipinski definition) is 9. The summed E-state index contributed by atoms with van der Waals surface area (Å²) in [6.07, 6.45) is 0. The van der Waals surface area contributed by atoms with Crippen molar-refractivity contribution in [3.63, 3.8) is 0 Å². The van der Waals surface area contributed by atoms with Gasteiger partial charge in [0.2, 0.25) is 0 Å². The Balaban J connectivity index is 1.57. The molecule has 5 rings (SSSR count). The lowest BCUT2D eigenvalue weighted by molar-refractivity contribution is -0.132. The van der Waals surface area contributed by atoms with E-state index in [9.17, 15) is 19.5 Å². The average Bonchev–Trinajstić information content (AvgIpc) is 3.29. The van der Waals surface area contributed by atoms with E-state index in [1.54, 1.807) is 67.6 Å². The van der Waals surface area contributed by atoms with Crippen molar-refractivity contribution < 1.29 is 28.9 Å². The van der Waals surface area contributed by atoms with Crippen molar-refractivity contribution >= 4 is 23.6 Å². The van der Waals surface area contributed by atoms with Gasteiger partial charge >= 0.3 is 0 Å². The molecule has 3 aromatic carbocycles. The van der Waals surface area contributed by atoms with Crippen molar-refractivity contribution in [1.29, 1.82) is 0 Å². The molecule has 2 unspecified atom stereocenters. The summed E-state index contributed by atoms with van der Waals surface area (Å²) in [4.78, 5) is 40.3. The van der Waals surface area contributed by atoms with Gasteiger partial charge < -0.3 is 19.3 Å². The van der Waals surface area contributed by atoms with E-state index in [4.69, 9.17) is 14.2 Å². The highest BCUT2D eigenvalue weighted by atomic mass is 32.2. The van der Waals surface area contributed by atoms with E-state index in [0.29, 0.717) is 28.3 Å². The smallest absolute Gasteiger partial charge is 0.291 e. The molecule has 0 radical (unpaired) electrons. The molecule has 2 N–H and O–H groups in total. The highest BCUT2D eigenvalue weighted by molar-refractivity contribution is 8.01. The van der Waals surface area contributed by atoms with Crippen LogP contribution < -0.4 is 25.2 Å². The summed E-state index contributed by atoms with van der Waals surface area (Å²) < 4.78 is 16.7. The maximum Gasteiger partial charge on any atom is 0.291 e. The third-order valence-electron chi connectivity index (χ3n) is 6.73. The number of aromatic nitrogens is 2. The van der Waals surface area contributed by atoms with E-state index in [0.717, 1.165) is 4.68 Å². The molecule has 0 saturated carbocycles. The Morgan fingerprint density at radius 2 is 1.55 bits per heavy atom. The molecule has 0 spiro atoms. The fraction of sp³-hybridized carbons (Fsp3) is 0.200. The Kier molecular flexibility index (Phi) is 8.07. The van der Waals surface area contributed by atoms with Crippen LogP contribution in [0, 0.1) is 0 Å². The third kappa shape index (κ3) is 5.48. The minimum atomic E-state index is -0.700. The van der Waals surface area contributed by atoms with Crippen LogP contribution >= 0.6 is 11.8 Å². The first-order valence-corrected chi connectivity index (χ1v) is 13.8. The molecule has 1 aromatic heterocycles. The molecule has 42 heavy (non-hydrogen) atoms. The first-order chi connectivity index (χ1) is 20.2. The Labute approximate surface area is 245 Å². The molecular weight excluding hydrogens is 560 g/mol. The molecule has 216 valence electrons. The number of methoxy groups -OCH3 is 3. The van der Waals surface area contributed by atoms with Crippen LogP contribution in [-0.2, 0) is 4.79 Å². The van der Waals surface area contributed by atoms with E-state index < -0.39 is 22.1 Å². The van der Waals surface area contributed by atoms with Crippen molar-refractivity contribution in [2.24, 2.45) is 0 Å². The largest absolute Gasteiger partial charge is 0.504 e. The van der Waals surface area contributed by atoms with E-state index in [1.165, 1.54) is 50.2 Å². The van der Waals surface area contributed by atoms with Gasteiger partial charge in [-0.2, -0.15) is 9.78 Å². The number of phenolic OH excluding ortho intramolecular Hbond substituents is 1. The lowest BCUT2D eigenvalue weighted by atomic mass is 10.0. The van der Waals surface area contributed by atoms with Gasteiger partial charge in [0.25, 0.3) is 17.4 Å². The van der Waals surface area contributed by atoms with Crippen LogP contribution in [0.15, 0.2) is 77.6 Å². The van der Waals surface area contributed by atoms with Gasteiger partial charge in [0, 0.05) is 11.6 Å². The molecule has 2 atom stereocenters. The number of carbonyl (C=O) groups excluding carboxylic acids is 2. The van der Waals surface area contributed by atoms with Crippen LogP contribution in [-0.4, -0.2) is 58.3 Å². The number of rotatable bonds is 8. The number of aromatic hydroxyl groups is 1. The number of phenols is 1. The molecule has 11 nitrogen and oxygen atoms in total. The van der Waals surface area contributed by atoms with Crippen molar-refractivity contribution in [1.82, 2.24) is 20.2 Å². The van der Waals surface area contributed by atoms with Crippen molar-refractivity contribution in [2.75, 3.05) is 21.3 Å². The maximum atomic E-state index is 13.9. The average molecular weight is 589 g/mol. The summed E-state index contributed by atoms with van der Waals surface area (Å²) in [6.45, 7) is 1.74. The van der Waals surface area contributed by atoms with Crippen LogP contribution in [0.1, 0.15) is 28.3 Å². The van der Waals surface area contributed by atoms with Crippen LogP contribution in [0.25, 0.3) is 16.8 Å². The van der Waals surface area contributed by atoms with Gasteiger partial charge in [0.1, 0.15) is 16.9 Å². The Morgan fingerprint density at radius 3 is 2.14 bits per heavy atom. The molecule has 0 bridgehead atoms. The monoisotopic (exact) mass is 588 g/mol. The molecule has 0 aliphatic carbocycles. The quantitative estimate of drug-likeness (QED) is 0.314. The maximum absolute atomic E-state index is 13.9. The molecule has 2 amide bonds. The molecule has 1 fully saturated rings. The number of hydrogen-bond donors (Lipinski definition) is 2. The van der Waals surface area contributed by atoms with Crippen LogP contribution in [0.2, 0.25) is 0 Å². The topological polar surface area (TPSA) is 132 Å². The first kappa shape index (κ1) is 28.6. The summed E-state index contributed by atoms with van der Waals surface area (Å²) in [7, 11) is 4.51. The predicted octanol–water partition coefficient (Wildman–Crippen LogP) is 3.94. The second-order valence-corrected chi connectivity index (χ2v) is 10.7. The minimum absolute atomic E-state index is 0.0794. The highest BCUT2D eigenvalue weighted by Crippen LogP contribution is 2.43. The second-order valence-electron chi connectivity index (χ2n) is 9.29. The Hall–Kier alpha value is -4.97. The molecular formula is C30H28N4O7S. The normalized spacial score (nSPS) is 16.3. The van der Waals surface area contributed by atoms with E-state index >= 15 is 0 Å². The summed E-state index contributed by atoms with van der Waals surface area (Å²) >= 11 is 1.31. The van der Waals surface area contributed by atoms with Gasteiger partial charge in [-0.15, -0.1) is 11.8 Å². The van der Waals surface area contributed by atoms with Crippen molar-refractivity contribution in [3.8, 4) is 39.8 Å². The van der Waals surface area contributed by atoms with Crippen LogP contribution in [0.5, 0.6) is 23.0 Å². The van der Waals surface area contributed by atoms with Crippen LogP contribution in [0.3, 0.4) is 0 Å². The number of amides is 2. The van der Waals surface area contributed by atoms with Crippen molar-refractivity contribution in [3.05, 3.63) is 94.4 Å². The number of ether oxygens (including phenoxy) is 3. The lowest BCUT2D eigenvalue weighted by Crippen LogP contribution is -2.46. The summed E-state index contributed by atoms with van der Waals surface area (Å²) in [5, 5.41) is 14.9. The SMILES string of the molecule is COc1ccc(-c2cc(=O)n(-c3ccc(OC)cc3)nc2C(=O)NN2C(=O)C(C)SC2c2ccc(OC)c(O)c2)cc1. The first-order valence-electron chi connectivity index (χ1n) is 12.8. The zero-order chi connectivity index (χ0) is 30.0. The molecule has 4 aromatic rings. The van der Waals surface area contributed by atoms with Gasteiger partial charge in [-0.1, -0.05) is 18.2 Å². The van der Waals surface area contributed by atoms with Gasteiger partial charge in [0.15, 0.2) is 17.2 Å². The molecule has 1 saturated heterocycles. The van der Waals surface area contributed by atoms with Crippen molar-refractivity contribution in [2.45, 2.75) is 17.5 Å². The predicted molar refractivity (Wildman–Crippen MR) is 157 cm³/mol. The fourth-order valence-electron chi connectivity index (χ4n) is 4.51. The van der Waals surface area contributed by atoms with Crippen LogP contribution in [0.4, 0.5) is 0 Å². The van der Waals surface area contributed by atoms with E-state index in [1.807, 2.05) is 0 Å². The number of nitrogens with one attached hydrogen (secondary N) is 1. The number of thioether (sulfide) groups is 1. The lowest BCUT2D eigenvalue weighted by Gasteiger charge is -2.25. The number of benzene rings is 3. The van der Waals surface area contributed by atoms with Gasteiger partial charge in [-0.05, 0) is 66.6 Å². The number of carbonyl (C=O) groups is 2. The van der Waals surface area contributed by atoms with Gasteiger partial charge in [-0.25, -0.2) is 5.01 Å². The van der Waals surface area contributed by atoms with E-state index in [-0.39, 0.29) is 28.7 Å². The Morgan fingerprint density at radius 1 is 0.905 bits per heavy atom. The summed E-state index contributed by atoms with van der Waals surface area (Å²) in [6, 6.07) is 19.6. The Bertz CT molecular complexity index is 1690.